The Kier molecular flexibility index (Phi) is 2.69. The number of hydrogen-bond donors (Lipinski definition) is 1. The third-order valence-corrected chi connectivity index (χ3v) is 1.28. The summed E-state index contributed by atoms with van der Waals surface area (Å²) in [5, 5.41) is 9.17. The Labute approximate surface area is 65.8 Å². The van der Waals surface area contributed by atoms with Gasteiger partial charge in [-0.15, -0.1) is 0 Å². The van der Waals surface area contributed by atoms with Crippen LogP contribution in [0.1, 0.15) is 0 Å². The van der Waals surface area contributed by atoms with Gasteiger partial charge >= 0.3 is 0 Å². The Morgan fingerprint density at radius 1 is 1.64 bits per heavy atom. The van der Waals surface area contributed by atoms with Gasteiger partial charge in [-0.1, -0.05) is 24.8 Å². The van der Waals surface area contributed by atoms with Crippen LogP contribution in [-0.4, -0.2) is 11.4 Å². The highest BCUT2D eigenvalue weighted by Gasteiger charge is 2.08. The molecule has 0 radical (unpaired) electrons. The van der Waals surface area contributed by atoms with Crippen LogP contribution in [0.3, 0.4) is 0 Å². The zero-order chi connectivity index (χ0) is 8.10. The zero-order valence-electron chi connectivity index (χ0n) is 6.10. The molecule has 1 heterocycles. The van der Waals surface area contributed by atoms with Gasteiger partial charge in [0.2, 0.25) is 6.29 Å². The lowest BCUT2D eigenvalue weighted by Crippen LogP contribution is -2.12. The summed E-state index contributed by atoms with van der Waals surface area (Å²) in [7, 11) is 0. The molecule has 0 aromatic rings. The molecule has 0 spiro atoms. The maximum absolute atomic E-state index is 9.17. The molecular weight excluding hydrogens is 140 g/mol. The molecule has 1 atom stereocenters. The second kappa shape index (κ2) is 3.78. The van der Waals surface area contributed by atoms with Gasteiger partial charge in [0.15, 0.2) is 0 Å². The van der Waals surface area contributed by atoms with Gasteiger partial charge in [0.05, 0.1) is 6.26 Å². The molecule has 2 heteroatoms. The average molecular weight is 150 g/mol. The molecular formula is C9H10O2. The van der Waals surface area contributed by atoms with Crippen LogP contribution in [0.5, 0.6) is 0 Å². The minimum Gasteiger partial charge on any atom is -0.468 e. The number of aliphatic hydroxyl groups is 1. The molecule has 1 unspecified atom stereocenters. The van der Waals surface area contributed by atoms with Crippen LogP contribution in [0.2, 0.25) is 0 Å². The fourth-order valence-corrected chi connectivity index (χ4v) is 0.748. The summed E-state index contributed by atoms with van der Waals surface area (Å²) in [5.74, 6) is 0. The maximum Gasteiger partial charge on any atom is 0.223 e. The van der Waals surface area contributed by atoms with Gasteiger partial charge in [0.1, 0.15) is 0 Å². The second-order valence-electron chi connectivity index (χ2n) is 2.08. The zero-order valence-corrected chi connectivity index (χ0v) is 6.10. The Morgan fingerprint density at radius 2 is 2.45 bits per heavy atom. The summed E-state index contributed by atoms with van der Waals surface area (Å²) in [6.45, 7) is 3.52. The van der Waals surface area contributed by atoms with Crippen LogP contribution in [0.4, 0.5) is 0 Å². The van der Waals surface area contributed by atoms with Crippen molar-refractivity contribution in [2.24, 2.45) is 0 Å². The van der Waals surface area contributed by atoms with E-state index in [4.69, 9.17) is 9.84 Å². The van der Waals surface area contributed by atoms with Crippen LogP contribution in [0.15, 0.2) is 48.8 Å². The smallest absolute Gasteiger partial charge is 0.223 e. The largest absolute Gasteiger partial charge is 0.468 e. The first-order chi connectivity index (χ1) is 5.34. The van der Waals surface area contributed by atoms with Gasteiger partial charge in [0, 0.05) is 5.57 Å². The van der Waals surface area contributed by atoms with Crippen molar-refractivity contribution in [3.63, 3.8) is 0 Å². The van der Waals surface area contributed by atoms with Gasteiger partial charge in [-0.05, 0) is 12.2 Å². The van der Waals surface area contributed by atoms with Crippen molar-refractivity contribution >= 4 is 0 Å². The number of rotatable bonds is 2. The van der Waals surface area contributed by atoms with Gasteiger partial charge in [0.25, 0.3) is 0 Å². The summed E-state index contributed by atoms with van der Waals surface area (Å²) in [6, 6.07) is 0. The van der Waals surface area contributed by atoms with Gasteiger partial charge in [-0.25, -0.2) is 0 Å². The molecule has 2 nitrogen and oxygen atoms in total. The van der Waals surface area contributed by atoms with Crippen LogP contribution in [0, 0.1) is 0 Å². The van der Waals surface area contributed by atoms with Gasteiger partial charge in [-0.3, -0.25) is 0 Å². The van der Waals surface area contributed by atoms with Crippen molar-refractivity contribution in [2.45, 2.75) is 6.29 Å². The quantitative estimate of drug-likeness (QED) is 0.605. The van der Waals surface area contributed by atoms with E-state index >= 15 is 0 Å². The van der Waals surface area contributed by atoms with Crippen molar-refractivity contribution in [3.8, 4) is 0 Å². The number of allylic oxidation sites excluding steroid dienone is 4. The van der Waals surface area contributed by atoms with Crippen molar-refractivity contribution < 1.29 is 9.84 Å². The first-order valence-corrected chi connectivity index (χ1v) is 3.34. The molecule has 0 amide bonds. The first kappa shape index (κ1) is 7.82. The standard InChI is InChI=1S/C9H10O2/c1-2-3-5-8-6-4-7-11-9(8)10/h2-7,9-10H,1H2. The van der Waals surface area contributed by atoms with E-state index < -0.39 is 6.29 Å². The van der Waals surface area contributed by atoms with Crippen LogP contribution in [-0.2, 0) is 4.74 Å². The Hall–Kier alpha value is -1.28. The van der Waals surface area contributed by atoms with E-state index in [2.05, 4.69) is 6.58 Å². The van der Waals surface area contributed by atoms with Crippen molar-refractivity contribution in [1.29, 1.82) is 0 Å². The van der Waals surface area contributed by atoms with Crippen molar-refractivity contribution in [3.05, 3.63) is 48.8 Å². The molecule has 0 aromatic heterocycles. The van der Waals surface area contributed by atoms with E-state index in [0.717, 1.165) is 5.57 Å². The molecule has 1 rings (SSSR count). The summed E-state index contributed by atoms with van der Waals surface area (Å²) in [6.07, 6.45) is 9.28. The van der Waals surface area contributed by atoms with Crippen LogP contribution < -0.4 is 0 Å². The van der Waals surface area contributed by atoms with Crippen LogP contribution in [0.25, 0.3) is 0 Å². The second-order valence-corrected chi connectivity index (χ2v) is 2.08. The normalized spacial score (nSPS) is 23.0. The number of hydrogen-bond acceptors (Lipinski definition) is 2. The van der Waals surface area contributed by atoms with E-state index in [-0.39, 0.29) is 0 Å². The van der Waals surface area contributed by atoms with Crippen LogP contribution >= 0.6 is 0 Å². The van der Waals surface area contributed by atoms with Crippen molar-refractivity contribution in [2.75, 3.05) is 0 Å². The fraction of sp³-hybridized carbons (Fsp3) is 0.111. The number of aliphatic hydroxyl groups excluding tert-OH is 1. The highest BCUT2D eigenvalue weighted by Crippen LogP contribution is 2.11. The molecule has 0 saturated carbocycles. The highest BCUT2D eigenvalue weighted by molar-refractivity contribution is 5.29. The Bertz CT molecular complexity index is 224. The lowest BCUT2D eigenvalue weighted by Gasteiger charge is -2.13. The van der Waals surface area contributed by atoms with Gasteiger partial charge in [-0.2, -0.15) is 0 Å². The van der Waals surface area contributed by atoms with E-state index in [1.807, 2.05) is 0 Å². The fourth-order valence-electron chi connectivity index (χ4n) is 0.748. The molecule has 1 aliphatic rings. The third-order valence-electron chi connectivity index (χ3n) is 1.28. The lowest BCUT2D eigenvalue weighted by molar-refractivity contribution is -0.0202. The third kappa shape index (κ3) is 2.09. The van der Waals surface area contributed by atoms with E-state index in [0.29, 0.717) is 0 Å². The molecule has 0 aliphatic carbocycles. The Balaban J connectivity index is 2.67. The van der Waals surface area contributed by atoms with E-state index in [1.165, 1.54) is 6.26 Å². The first-order valence-electron chi connectivity index (χ1n) is 3.34. The maximum atomic E-state index is 9.17. The molecule has 0 bridgehead atoms. The topological polar surface area (TPSA) is 29.5 Å². The molecule has 11 heavy (non-hydrogen) atoms. The molecule has 58 valence electrons. The molecule has 0 aromatic carbocycles. The average Bonchev–Trinajstić information content (AvgIpc) is 2.03. The predicted molar refractivity (Wildman–Crippen MR) is 43.7 cm³/mol. The minimum absolute atomic E-state index is 0.729. The predicted octanol–water partition coefficient (Wildman–Crippen LogP) is 1.52. The summed E-state index contributed by atoms with van der Waals surface area (Å²) >= 11 is 0. The van der Waals surface area contributed by atoms with Gasteiger partial charge < -0.3 is 9.84 Å². The SMILES string of the molecule is C=CC=CC1=CC=COC1O. The monoisotopic (exact) mass is 150 g/mol. The van der Waals surface area contributed by atoms with E-state index in [9.17, 15) is 0 Å². The van der Waals surface area contributed by atoms with E-state index in [1.54, 1.807) is 30.4 Å². The summed E-state index contributed by atoms with van der Waals surface area (Å²) in [4.78, 5) is 0. The molecule has 1 N–H and O–H groups in total. The summed E-state index contributed by atoms with van der Waals surface area (Å²) in [5.41, 5.74) is 0.729. The Morgan fingerprint density at radius 3 is 3.09 bits per heavy atom. The number of ether oxygens (including phenoxy) is 1. The lowest BCUT2D eigenvalue weighted by atomic mass is 10.2. The molecule has 1 aliphatic heterocycles. The minimum atomic E-state index is -0.837. The summed E-state index contributed by atoms with van der Waals surface area (Å²) < 4.78 is 4.81. The molecule has 0 saturated heterocycles. The highest BCUT2D eigenvalue weighted by atomic mass is 16.6. The molecule has 0 fully saturated rings. The van der Waals surface area contributed by atoms with Crippen molar-refractivity contribution in [1.82, 2.24) is 0 Å².